The fraction of sp³-hybridized carbons (Fsp3) is 0.154. The van der Waals surface area contributed by atoms with Gasteiger partial charge in [0.2, 0.25) is 5.78 Å². The highest BCUT2D eigenvalue weighted by Gasteiger charge is 2.15. The Morgan fingerprint density at radius 1 is 1.47 bits per heavy atom. The maximum absolute atomic E-state index is 11.7. The van der Waals surface area contributed by atoms with Crippen molar-refractivity contribution in [2.75, 3.05) is 6.61 Å². The van der Waals surface area contributed by atoms with Gasteiger partial charge in [0.05, 0.1) is 18.6 Å². The number of fused-ring (bicyclic) bond motifs is 1. The van der Waals surface area contributed by atoms with Gasteiger partial charge in [0, 0.05) is 12.4 Å². The molecule has 0 spiro atoms. The Bertz CT molecular complexity index is 716. The SMILES string of the molecule is CCOC(=O)c1cn2c(-c3ccco3)ccnc2n1. The maximum Gasteiger partial charge on any atom is 0.358 e. The van der Waals surface area contributed by atoms with E-state index in [9.17, 15) is 4.79 Å². The minimum atomic E-state index is -0.460. The Hall–Kier alpha value is -2.63. The van der Waals surface area contributed by atoms with E-state index >= 15 is 0 Å². The number of hydrogen-bond donors (Lipinski definition) is 0. The molecule has 0 aliphatic rings. The average molecular weight is 257 g/mol. The molecular formula is C13H11N3O3. The van der Waals surface area contributed by atoms with E-state index < -0.39 is 5.97 Å². The van der Waals surface area contributed by atoms with Crippen molar-refractivity contribution in [2.45, 2.75) is 6.92 Å². The lowest BCUT2D eigenvalue weighted by Gasteiger charge is -2.00. The van der Waals surface area contributed by atoms with Gasteiger partial charge in [-0.2, -0.15) is 0 Å². The second-order valence-electron chi connectivity index (χ2n) is 3.82. The first-order valence-electron chi connectivity index (χ1n) is 5.84. The van der Waals surface area contributed by atoms with Crippen LogP contribution in [0.25, 0.3) is 17.2 Å². The van der Waals surface area contributed by atoms with Crippen LogP contribution in [-0.4, -0.2) is 26.9 Å². The first kappa shape index (κ1) is 11.5. The molecule has 0 unspecified atom stereocenters. The van der Waals surface area contributed by atoms with Gasteiger partial charge in [-0.15, -0.1) is 0 Å². The van der Waals surface area contributed by atoms with Crippen molar-refractivity contribution in [2.24, 2.45) is 0 Å². The van der Waals surface area contributed by atoms with Crippen LogP contribution in [0.2, 0.25) is 0 Å². The van der Waals surface area contributed by atoms with E-state index in [2.05, 4.69) is 9.97 Å². The molecule has 0 aromatic carbocycles. The minimum absolute atomic E-state index is 0.230. The first-order chi connectivity index (χ1) is 9.29. The van der Waals surface area contributed by atoms with Crippen LogP contribution in [0.1, 0.15) is 17.4 Å². The molecule has 0 aliphatic heterocycles. The lowest BCUT2D eigenvalue weighted by molar-refractivity contribution is 0.0520. The van der Waals surface area contributed by atoms with Crippen molar-refractivity contribution < 1.29 is 13.9 Å². The smallest absolute Gasteiger partial charge is 0.358 e. The molecule has 0 saturated carbocycles. The summed E-state index contributed by atoms with van der Waals surface area (Å²) in [6, 6.07) is 5.42. The number of imidazole rings is 1. The molecule has 19 heavy (non-hydrogen) atoms. The van der Waals surface area contributed by atoms with Crippen LogP contribution in [0.3, 0.4) is 0 Å². The quantitative estimate of drug-likeness (QED) is 0.672. The highest BCUT2D eigenvalue weighted by atomic mass is 16.5. The fourth-order valence-electron chi connectivity index (χ4n) is 1.82. The van der Waals surface area contributed by atoms with Gasteiger partial charge >= 0.3 is 5.97 Å². The average Bonchev–Trinajstić information content (AvgIpc) is 3.07. The van der Waals surface area contributed by atoms with Crippen molar-refractivity contribution in [1.29, 1.82) is 0 Å². The largest absolute Gasteiger partial charge is 0.463 e. The molecule has 3 rings (SSSR count). The van der Waals surface area contributed by atoms with Crippen molar-refractivity contribution in [3.05, 3.63) is 42.5 Å². The zero-order valence-corrected chi connectivity index (χ0v) is 10.2. The fourth-order valence-corrected chi connectivity index (χ4v) is 1.82. The molecule has 6 nitrogen and oxygen atoms in total. The summed E-state index contributed by atoms with van der Waals surface area (Å²) >= 11 is 0. The number of ether oxygens (including phenoxy) is 1. The molecule has 6 heteroatoms. The standard InChI is InChI=1S/C13H11N3O3/c1-2-18-12(17)9-8-16-10(11-4-3-7-19-11)5-6-14-13(16)15-9/h3-8H,2H2,1H3. The van der Waals surface area contributed by atoms with Gasteiger partial charge in [-0.3, -0.25) is 4.40 Å². The van der Waals surface area contributed by atoms with Crippen LogP contribution >= 0.6 is 0 Å². The van der Waals surface area contributed by atoms with Crippen LogP contribution in [-0.2, 0) is 4.74 Å². The normalized spacial score (nSPS) is 10.8. The van der Waals surface area contributed by atoms with Gasteiger partial charge in [-0.1, -0.05) is 0 Å². The molecule has 96 valence electrons. The van der Waals surface area contributed by atoms with E-state index in [4.69, 9.17) is 9.15 Å². The van der Waals surface area contributed by atoms with E-state index in [0.29, 0.717) is 18.1 Å². The highest BCUT2D eigenvalue weighted by molar-refractivity contribution is 5.88. The number of nitrogens with zero attached hydrogens (tertiary/aromatic N) is 3. The molecule has 3 aromatic heterocycles. The van der Waals surface area contributed by atoms with Crippen molar-refractivity contribution in [1.82, 2.24) is 14.4 Å². The summed E-state index contributed by atoms with van der Waals surface area (Å²) in [5, 5.41) is 0. The first-order valence-corrected chi connectivity index (χ1v) is 5.84. The summed E-state index contributed by atoms with van der Waals surface area (Å²) in [6.07, 6.45) is 4.80. The van der Waals surface area contributed by atoms with Gasteiger partial charge in [-0.05, 0) is 25.1 Å². The van der Waals surface area contributed by atoms with Crippen LogP contribution in [0.4, 0.5) is 0 Å². The second-order valence-corrected chi connectivity index (χ2v) is 3.82. The Morgan fingerprint density at radius 2 is 2.37 bits per heavy atom. The molecule has 0 amide bonds. The number of rotatable bonds is 3. The number of esters is 1. The second kappa shape index (κ2) is 4.56. The molecule has 3 heterocycles. The third-order valence-electron chi connectivity index (χ3n) is 2.63. The summed E-state index contributed by atoms with van der Waals surface area (Å²) in [5.41, 5.74) is 1.01. The van der Waals surface area contributed by atoms with Crippen LogP contribution < -0.4 is 0 Å². The van der Waals surface area contributed by atoms with Gasteiger partial charge in [0.25, 0.3) is 0 Å². The van der Waals surface area contributed by atoms with E-state index in [1.54, 1.807) is 42.1 Å². The third kappa shape index (κ3) is 1.97. The molecule has 0 saturated heterocycles. The van der Waals surface area contributed by atoms with Gasteiger partial charge in [-0.25, -0.2) is 14.8 Å². The Balaban J connectivity index is 2.13. The summed E-state index contributed by atoms with van der Waals surface area (Å²) < 4.78 is 12.0. The topological polar surface area (TPSA) is 69.6 Å². The van der Waals surface area contributed by atoms with Crippen LogP contribution in [0.5, 0.6) is 0 Å². The minimum Gasteiger partial charge on any atom is -0.463 e. The van der Waals surface area contributed by atoms with Crippen molar-refractivity contribution in [3.63, 3.8) is 0 Å². The number of carbonyl (C=O) groups is 1. The zero-order valence-electron chi connectivity index (χ0n) is 10.2. The molecule has 0 N–H and O–H groups in total. The summed E-state index contributed by atoms with van der Waals surface area (Å²) in [4.78, 5) is 19.9. The van der Waals surface area contributed by atoms with E-state index in [-0.39, 0.29) is 5.69 Å². The molecular weight excluding hydrogens is 246 g/mol. The Morgan fingerprint density at radius 3 is 3.11 bits per heavy atom. The summed E-state index contributed by atoms with van der Waals surface area (Å²) in [6.45, 7) is 2.06. The molecule has 0 fully saturated rings. The highest BCUT2D eigenvalue weighted by Crippen LogP contribution is 2.20. The lowest BCUT2D eigenvalue weighted by Crippen LogP contribution is -2.04. The van der Waals surface area contributed by atoms with E-state index in [0.717, 1.165) is 5.69 Å². The van der Waals surface area contributed by atoms with Crippen LogP contribution in [0.15, 0.2) is 41.3 Å². The van der Waals surface area contributed by atoms with E-state index in [1.807, 2.05) is 6.07 Å². The predicted molar refractivity (Wildman–Crippen MR) is 66.6 cm³/mol. The number of hydrogen-bond acceptors (Lipinski definition) is 5. The molecule has 0 bridgehead atoms. The lowest BCUT2D eigenvalue weighted by atomic mass is 10.3. The predicted octanol–water partition coefficient (Wildman–Crippen LogP) is 2.17. The van der Waals surface area contributed by atoms with Crippen LogP contribution in [0, 0.1) is 0 Å². The Labute approximate surface area is 108 Å². The summed E-state index contributed by atoms with van der Waals surface area (Å²) in [5.74, 6) is 0.649. The number of aromatic nitrogens is 3. The maximum atomic E-state index is 11.7. The van der Waals surface area contributed by atoms with Gasteiger partial charge in [0.15, 0.2) is 11.5 Å². The van der Waals surface area contributed by atoms with Crippen molar-refractivity contribution >= 4 is 11.7 Å². The monoisotopic (exact) mass is 257 g/mol. The third-order valence-corrected chi connectivity index (χ3v) is 2.63. The zero-order chi connectivity index (χ0) is 13.2. The molecule has 0 radical (unpaired) electrons. The van der Waals surface area contributed by atoms with Gasteiger partial charge in [0.1, 0.15) is 0 Å². The number of furan rings is 1. The van der Waals surface area contributed by atoms with E-state index in [1.165, 1.54) is 0 Å². The van der Waals surface area contributed by atoms with Gasteiger partial charge < -0.3 is 9.15 Å². The molecule has 0 aliphatic carbocycles. The number of carbonyl (C=O) groups excluding carboxylic acids is 1. The summed E-state index contributed by atoms with van der Waals surface area (Å²) in [7, 11) is 0. The Kier molecular flexibility index (Phi) is 2.75. The molecule has 3 aromatic rings. The molecule has 0 atom stereocenters. The van der Waals surface area contributed by atoms with Crippen molar-refractivity contribution in [3.8, 4) is 11.5 Å².